The predicted molar refractivity (Wildman–Crippen MR) is 111 cm³/mol. The van der Waals surface area contributed by atoms with Crippen molar-refractivity contribution in [3.8, 4) is 0 Å². The van der Waals surface area contributed by atoms with Gasteiger partial charge in [-0.25, -0.2) is 0 Å². The molecule has 2 nitrogen and oxygen atoms in total. The number of hydrogen-bond acceptors (Lipinski definition) is 2. The molecule has 1 heterocycles. The first kappa shape index (κ1) is 21.2. The van der Waals surface area contributed by atoms with Gasteiger partial charge in [0.2, 0.25) is 0 Å². The molecule has 2 atom stereocenters. The van der Waals surface area contributed by atoms with Crippen molar-refractivity contribution < 1.29 is 0 Å². The predicted octanol–water partition coefficient (Wildman–Crippen LogP) is 6.10. The molecule has 0 aromatic carbocycles. The van der Waals surface area contributed by atoms with E-state index in [-0.39, 0.29) is 0 Å². The second kappa shape index (κ2) is 13.1. The van der Waals surface area contributed by atoms with Crippen LogP contribution in [0.15, 0.2) is 0 Å². The van der Waals surface area contributed by atoms with Gasteiger partial charge in [-0.1, -0.05) is 65.2 Å². The van der Waals surface area contributed by atoms with Crippen molar-refractivity contribution in [1.82, 2.24) is 9.80 Å². The first-order valence-electron chi connectivity index (χ1n) is 11.8. The van der Waals surface area contributed by atoms with Crippen LogP contribution in [0, 0.1) is 5.92 Å². The molecule has 0 spiro atoms. The van der Waals surface area contributed by atoms with Crippen LogP contribution in [0.3, 0.4) is 0 Å². The summed E-state index contributed by atoms with van der Waals surface area (Å²) in [6.45, 7) is 11.1. The lowest BCUT2D eigenvalue weighted by molar-refractivity contribution is 0.0595. The van der Waals surface area contributed by atoms with Crippen molar-refractivity contribution in [3.63, 3.8) is 0 Å². The molecule has 0 N–H and O–H groups in total. The highest BCUT2D eigenvalue weighted by atomic mass is 15.2. The Kier molecular flexibility index (Phi) is 11.2. The molecule has 2 aliphatic rings. The molecule has 0 amide bonds. The average molecular weight is 351 g/mol. The molecule has 2 heteroatoms. The molecular weight excluding hydrogens is 304 g/mol. The van der Waals surface area contributed by atoms with E-state index in [4.69, 9.17) is 0 Å². The molecule has 1 aliphatic carbocycles. The molecular formula is C23H46N2. The quantitative estimate of drug-likeness (QED) is 0.370. The van der Waals surface area contributed by atoms with Crippen molar-refractivity contribution in [2.75, 3.05) is 32.7 Å². The Morgan fingerprint density at radius 1 is 0.720 bits per heavy atom. The van der Waals surface area contributed by atoms with Gasteiger partial charge in [0.15, 0.2) is 0 Å². The lowest BCUT2D eigenvalue weighted by atomic mass is 9.78. The maximum Gasteiger partial charge on any atom is 0.0123 e. The smallest absolute Gasteiger partial charge is 0.0123 e. The topological polar surface area (TPSA) is 6.48 Å². The van der Waals surface area contributed by atoms with E-state index < -0.39 is 0 Å². The van der Waals surface area contributed by atoms with Crippen LogP contribution in [0.4, 0.5) is 0 Å². The molecule has 2 fully saturated rings. The van der Waals surface area contributed by atoms with Gasteiger partial charge in [0.1, 0.15) is 0 Å². The molecule has 1 saturated heterocycles. The van der Waals surface area contributed by atoms with Crippen molar-refractivity contribution in [3.05, 3.63) is 0 Å². The Balaban J connectivity index is 1.41. The van der Waals surface area contributed by atoms with Crippen molar-refractivity contribution >= 4 is 0 Å². The van der Waals surface area contributed by atoms with Gasteiger partial charge < -0.3 is 9.80 Å². The normalized spacial score (nSPS) is 24.6. The average Bonchev–Trinajstić information content (AvgIpc) is 2.66. The van der Waals surface area contributed by atoms with E-state index >= 15 is 0 Å². The monoisotopic (exact) mass is 350 g/mol. The van der Waals surface area contributed by atoms with Crippen LogP contribution in [0.25, 0.3) is 0 Å². The van der Waals surface area contributed by atoms with E-state index in [2.05, 4.69) is 23.6 Å². The summed E-state index contributed by atoms with van der Waals surface area (Å²) in [7, 11) is 0. The van der Waals surface area contributed by atoms with Crippen LogP contribution < -0.4 is 0 Å². The minimum atomic E-state index is 0.966. The molecule has 0 radical (unpaired) electrons. The molecule has 1 aliphatic heterocycles. The fourth-order valence-electron chi connectivity index (χ4n) is 5.26. The lowest BCUT2D eigenvalue weighted by Crippen LogP contribution is -2.46. The molecule has 0 aromatic heterocycles. The van der Waals surface area contributed by atoms with Crippen LogP contribution in [0.5, 0.6) is 0 Å². The highest BCUT2D eigenvalue weighted by molar-refractivity contribution is 4.87. The van der Waals surface area contributed by atoms with E-state index in [1.165, 1.54) is 123 Å². The summed E-state index contributed by atoms with van der Waals surface area (Å²) < 4.78 is 0. The van der Waals surface area contributed by atoms with Gasteiger partial charge in [0, 0.05) is 6.04 Å². The van der Waals surface area contributed by atoms with Gasteiger partial charge in [-0.05, 0) is 77.2 Å². The van der Waals surface area contributed by atoms with E-state index in [0.29, 0.717) is 0 Å². The van der Waals surface area contributed by atoms with E-state index in [0.717, 1.165) is 12.0 Å². The number of nitrogens with zero attached hydrogens (tertiary/aromatic N) is 2. The Labute approximate surface area is 158 Å². The van der Waals surface area contributed by atoms with Crippen LogP contribution >= 0.6 is 0 Å². The lowest BCUT2D eigenvalue weighted by Gasteiger charge is -2.44. The third kappa shape index (κ3) is 7.99. The zero-order chi connectivity index (χ0) is 17.7. The van der Waals surface area contributed by atoms with Gasteiger partial charge in [-0.15, -0.1) is 0 Å². The number of hydrogen-bond donors (Lipinski definition) is 0. The summed E-state index contributed by atoms with van der Waals surface area (Å²) in [6, 6.07) is 0.966. The minimum Gasteiger partial charge on any atom is -0.304 e. The number of fused-ring (bicyclic) bond motifs is 1. The Morgan fingerprint density at radius 2 is 1.32 bits per heavy atom. The molecule has 2 unspecified atom stereocenters. The number of rotatable bonds is 13. The van der Waals surface area contributed by atoms with Crippen LogP contribution in [-0.4, -0.2) is 48.6 Å². The number of piperidine rings is 1. The van der Waals surface area contributed by atoms with Gasteiger partial charge in [0.05, 0.1) is 0 Å². The van der Waals surface area contributed by atoms with Crippen LogP contribution in [-0.2, 0) is 0 Å². The zero-order valence-electron chi connectivity index (χ0n) is 17.5. The van der Waals surface area contributed by atoms with E-state index in [1.54, 1.807) is 0 Å². The molecule has 25 heavy (non-hydrogen) atoms. The zero-order valence-corrected chi connectivity index (χ0v) is 17.5. The van der Waals surface area contributed by atoms with Gasteiger partial charge in [0.25, 0.3) is 0 Å². The summed E-state index contributed by atoms with van der Waals surface area (Å²) in [6.07, 6.45) is 20.6. The summed E-state index contributed by atoms with van der Waals surface area (Å²) in [5.41, 5.74) is 0. The van der Waals surface area contributed by atoms with Crippen molar-refractivity contribution in [1.29, 1.82) is 0 Å². The van der Waals surface area contributed by atoms with E-state index in [9.17, 15) is 0 Å². The van der Waals surface area contributed by atoms with Crippen LogP contribution in [0.1, 0.15) is 104 Å². The summed E-state index contributed by atoms with van der Waals surface area (Å²) in [4.78, 5) is 5.43. The number of likely N-dealkylation sites (tertiary alicyclic amines) is 1. The maximum absolute atomic E-state index is 2.88. The summed E-state index contributed by atoms with van der Waals surface area (Å²) in [5.74, 6) is 1.05. The highest BCUT2D eigenvalue weighted by Crippen LogP contribution is 2.35. The van der Waals surface area contributed by atoms with E-state index in [1.807, 2.05) is 0 Å². The molecule has 0 bridgehead atoms. The third-order valence-electron chi connectivity index (χ3n) is 6.92. The van der Waals surface area contributed by atoms with Crippen molar-refractivity contribution in [2.45, 2.75) is 110 Å². The summed E-state index contributed by atoms with van der Waals surface area (Å²) >= 11 is 0. The fraction of sp³-hybridized carbons (Fsp3) is 1.00. The number of unbranched alkanes of at least 4 members (excludes halogenated alkanes) is 7. The Bertz CT molecular complexity index is 311. The molecule has 2 rings (SSSR count). The molecule has 148 valence electrons. The van der Waals surface area contributed by atoms with Crippen molar-refractivity contribution in [2.24, 2.45) is 5.92 Å². The van der Waals surface area contributed by atoms with Gasteiger partial charge in [-0.2, -0.15) is 0 Å². The maximum atomic E-state index is 2.88. The minimum absolute atomic E-state index is 0.966. The first-order valence-corrected chi connectivity index (χ1v) is 11.8. The molecule has 0 aromatic rings. The standard InChI is InChI=1S/C23H46N2/c1-3-24(4-2)19-13-9-7-5-6-8-10-14-20-25-21-15-17-22-16-11-12-18-23(22)25/h22-23H,3-21H2,1-2H3. The van der Waals surface area contributed by atoms with Gasteiger partial charge >= 0.3 is 0 Å². The second-order valence-corrected chi connectivity index (χ2v) is 8.65. The van der Waals surface area contributed by atoms with Gasteiger partial charge in [-0.3, -0.25) is 0 Å². The fourth-order valence-corrected chi connectivity index (χ4v) is 5.26. The highest BCUT2D eigenvalue weighted by Gasteiger charge is 2.32. The molecule has 1 saturated carbocycles. The van der Waals surface area contributed by atoms with Crippen LogP contribution in [0.2, 0.25) is 0 Å². The second-order valence-electron chi connectivity index (χ2n) is 8.65. The Hall–Kier alpha value is -0.0800. The third-order valence-corrected chi connectivity index (χ3v) is 6.92. The first-order chi connectivity index (χ1) is 12.3. The Morgan fingerprint density at radius 3 is 2.04 bits per heavy atom. The largest absolute Gasteiger partial charge is 0.304 e. The summed E-state index contributed by atoms with van der Waals surface area (Å²) in [5, 5.41) is 0. The SMILES string of the molecule is CCN(CC)CCCCCCCCCCN1CCCC2CCCCC21.